The first-order valence-electron chi connectivity index (χ1n) is 17.6. The van der Waals surface area contributed by atoms with Crippen LogP contribution in [0.5, 0.6) is 0 Å². The molecule has 4 saturated carbocycles. The van der Waals surface area contributed by atoms with E-state index in [2.05, 4.69) is 20.8 Å². The monoisotopic (exact) mass is 507 g/mol. The first kappa shape index (κ1) is 36.0. The molecule has 0 amide bonds. The molecule has 0 aromatic rings. The van der Waals surface area contributed by atoms with Crippen molar-refractivity contribution in [2.24, 2.45) is 29.6 Å². The predicted octanol–water partition coefficient (Wildman–Crippen LogP) is 13.6. The van der Waals surface area contributed by atoms with Crippen LogP contribution in [0.25, 0.3) is 0 Å². The van der Waals surface area contributed by atoms with E-state index in [-0.39, 0.29) is 0 Å². The molecule has 0 saturated heterocycles. The van der Waals surface area contributed by atoms with Crippen LogP contribution >= 0.6 is 0 Å². The molecule has 218 valence electrons. The highest BCUT2D eigenvalue weighted by atomic mass is 14.3. The summed E-state index contributed by atoms with van der Waals surface area (Å²) in [5.41, 5.74) is 0. The summed E-state index contributed by atoms with van der Waals surface area (Å²) in [5.74, 6) is 5.29. The zero-order valence-electron chi connectivity index (χ0n) is 26.9. The van der Waals surface area contributed by atoms with Gasteiger partial charge in [-0.15, -0.1) is 0 Å². The van der Waals surface area contributed by atoms with Gasteiger partial charge >= 0.3 is 0 Å². The second-order valence-electron chi connectivity index (χ2n) is 12.7. The maximum atomic E-state index is 2.44. The molecule has 0 bridgehead atoms. The quantitative estimate of drug-likeness (QED) is 0.331. The van der Waals surface area contributed by atoms with E-state index in [1.54, 1.807) is 25.7 Å². The van der Waals surface area contributed by atoms with Gasteiger partial charge in [-0.2, -0.15) is 0 Å². The minimum absolute atomic E-state index is 1.01. The van der Waals surface area contributed by atoms with Gasteiger partial charge < -0.3 is 0 Å². The summed E-state index contributed by atoms with van der Waals surface area (Å²) >= 11 is 0. The fourth-order valence-corrected chi connectivity index (χ4v) is 6.97. The lowest BCUT2D eigenvalue weighted by Crippen LogP contribution is -2.15. The highest BCUT2D eigenvalue weighted by molar-refractivity contribution is 4.77. The Morgan fingerprint density at radius 1 is 0.250 bits per heavy atom. The molecular weight excluding hydrogens is 432 g/mol. The van der Waals surface area contributed by atoms with Gasteiger partial charge in [0, 0.05) is 0 Å². The van der Waals surface area contributed by atoms with Gasteiger partial charge in [0.2, 0.25) is 0 Å². The molecule has 0 radical (unpaired) electrons. The zero-order chi connectivity index (χ0) is 26.9. The topological polar surface area (TPSA) is 0 Å². The number of hydrogen-bond donors (Lipinski definition) is 0. The molecule has 0 aromatic carbocycles. The van der Waals surface area contributed by atoms with Crippen molar-refractivity contribution in [1.82, 2.24) is 0 Å². The van der Waals surface area contributed by atoms with Crippen molar-refractivity contribution in [3.8, 4) is 0 Å². The second kappa shape index (κ2) is 26.6. The Morgan fingerprint density at radius 2 is 0.444 bits per heavy atom. The summed E-state index contributed by atoms with van der Waals surface area (Å²) < 4.78 is 0. The molecule has 0 aromatic heterocycles. The lowest BCUT2D eigenvalue weighted by molar-refractivity contribution is 0.250. The maximum absolute atomic E-state index is 2.44. The van der Waals surface area contributed by atoms with Crippen LogP contribution in [0.2, 0.25) is 0 Å². The molecule has 0 unspecified atom stereocenters. The van der Waals surface area contributed by atoms with Crippen LogP contribution in [0.4, 0.5) is 0 Å². The summed E-state index contributed by atoms with van der Waals surface area (Å²) in [6, 6.07) is 0. The fourth-order valence-electron chi connectivity index (χ4n) is 6.97. The highest BCUT2D eigenvalue weighted by Gasteiger charge is 2.25. The van der Waals surface area contributed by atoms with Crippen molar-refractivity contribution in [2.75, 3.05) is 0 Å². The van der Waals surface area contributed by atoms with Gasteiger partial charge in [-0.05, 0) is 29.6 Å². The first-order chi connectivity index (χ1) is 17.6. The molecule has 0 heteroatoms. The molecule has 4 rings (SSSR count). The molecule has 0 nitrogen and oxygen atoms in total. The van der Waals surface area contributed by atoms with Gasteiger partial charge in [0.15, 0.2) is 0 Å². The van der Waals surface area contributed by atoms with E-state index in [0.717, 1.165) is 29.6 Å². The van der Waals surface area contributed by atoms with Gasteiger partial charge in [-0.3, -0.25) is 0 Å². The molecule has 0 spiro atoms. The number of rotatable bonds is 1. The summed E-state index contributed by atoms with van der Waals surface area (Å²) in [5, 5.41) is 0. The van der Waals surface area contributed by atoms with Crippen molar-refractivity contribution < 1.29 is 0 Å². The Kier molecular flexibility index (Phi) is 26.6. The summed E-state index contributed by atoms with van der Waals surface area (Å²) in [6.45, 7) is 15.2. The van der Waals surface area contributed by atoms with Crippen molar-refractivity contribution >= 4 is 0 Å². The molecule has 0 atom stereocenters. The van der Waals surface area contributed by atoms with Crippen LogP contribution in [0.3, 0.4) is 0 Å². The van der Waals surface area contributed by atoms with Crippen molar-refractivity contribution in [3.63, 3.8) is 0 Å². The standard InChI is InChI=1S/C14H26.2C9H18.2C2H6/c1-12-6-4-10-14(11-5-7-12)13-8-2-3-9-13;2*1-9-7-5-3-2-4-6-8-9;2*1-2/h12-14H,2-11H2,1H3;2*9H,2-8H2,1H3;2*1-2H3. The van der Waals surface area contributed by atoms with E-state index in [0.29, 0.717) is 0 Å². The molecule has 0 heterocycles. The summed E-state index contributed by atoms with van der Waals surface area (Å²) in [6.07, 6.45) is 36.1. The average molecular weight is 507 g/mol. The number of hydrogen-bond acceptors (Lipinski definition) is 0. The van der Waals surface area contributed by atoms with Gasteiger partial charge in [0.25, 0.3) is 0 Å². The minimum atomic E-state index is 1.01. The Hall–Kier alpha value is 0. The van der Waals surface area contributed by atoms with Gasteiger partial charge in [0.1, 0.15) is 0 Å². The second-order valence-corrected chi connectivity index (χ2v) is 12.7. The van der Waals surface area contributed by atoms with Gasteiger partial charge in [0.05, 0.1) is 0 Å². The normalized spacial score (nSPS) is 27.1. The van der Waals surface area contributed by atoms with E-state index in [1.165, 1.54) is 128 Å². The Labute approximate surface area is 232 Å². The average Bonchev–Trinajstić information content (AvgIpc) is 3.39. The smallest absolute Gasteiger partial charge is 0.0386 e. The Bertz CT molecular complexity index is 360. The third-order valence-electron chi connectivity index (χ3n) is 9.40. The maximum Gasteiger partial charge on any atom is -0.0386 e. The lowest BCUT2D eigenvalue weighted by Gasteiger charge is -2.27. The molecule has 0 aliphatic heterocycles. The lowest BCUT2D eigenvalue weighted by atomic mass is 9.79. The van der Waals surface area contributed by atoms with E-state index in [1.807, 2.05) is 27.7 Å². The highest BCUT2D eigenvalue weighted by Crippen LogP contribution is 2.38. The first-order valence-corrected chi connectivity index (χ1v) is 17.6. The Balaban J connectivity index is 0.000000493. The molecule has 0 N–H and O–H groups in total. The molecule has 4 fully saturated rings. The fraction of sp³-hybridized carbons (Fsp3) is 1.00. The third kappa shape index (κ3) is 20.0. The van der Waals surface area contributed by atoms with E-state index in [9.17, 15) is 0 Å². The van der Waals surface area contributed by atoms with Crippen molar-refractivity contribution in [2.45, 2.75) is 203 Å². The largest absolute Gasteiger partial charge is 0.0683 e. The zero-order valence-corrected chi connectivity index (χ0v) is 26.9. The molecular formula is C36H74. The van der Waals surface area contributed by atoms with Gasteiger partial charge in [-0.25, -0.2) is 0 Å². The predicted molar refractivity (Wildman–Crippen MR) is 168 cm³/mol. The van der Waals surface area contributed by atoms with Crippen LogP contribution in [0.1, 0.15) is 203 Å². The van der Waals surface area contributed by atoms with Crippen LogP contribution in [0, 0.1) is 29.6 Å². The molecule has 4 aliphatic carbocycles. The van der Waals surface area contributed by atoms with Crippen molar-refractivity contribution in [1.29, 1.82) is 0 Å². The molecule has 4 aliphatic rings. The molecule has 36 heavy (non-hydrogen) atoms. The Morgan fingerprint density at radius 3 is 0.750 bits per heavy atom. The van der Waals surface area contributed by atoms with Crippen LogP contribution in [-0.4, -0.2) is 0 Å². The van der Waals surface area contributed by atoms with E-state index < -0.39 is 0 Å². The van der Waals surface area contributed by atoms with Crippen LogP contribution in [0.15, 0.2) is 0 Å². The third-order valence-corrected chi connectivity index (χ3v) is 9.40. The minimum Gasteiger partial charge on any atom is -0.0683 e. The van der Waals surface area contributed by atoms with Crippen LogP contribution < -0.4 is 0 Å². The van der Waals surface area contributed by atoms with Crippen molar-refractivity contribution in [3.05, 3.63) is 0 Å². The summed E-state index contributed by atoms with van der Waals surface area (Å²) in [4.78, 5) is 0. The SMILES string of the molecule is CC.CC.CC1CCCC(C2CCCC2)CCC1.CC1CCCCCCC1.CC1CCCCCCC1. The van der Waals surface area contributed by atoms with E-state index >= 15 is 0 Å². The van der Waals surface area contributed by atoms with Crippen LogP contribution in [-0.2, 0) is 0 Å². The van der Waals surface area contributed by atoms with Gasteiger partial charge in [-0.1, -0.05) is 203 Å². The van der Waals surface area contributed by atoms with E-state index in [4.69, 9.17) is 0 Å². The summed E-state index contributed by atoms with van der Waals surface area (Å²) in [7, 11) is 0.